The standard InChI is InChI=1S/C70H43N5O/c1-5-20-44(21-6-1)67-71-68(45-22-7-2-8-23-45)73-69(72-67)47-36-38-54-59(43-47)70(56-30-14-17-34-62(56)76-63-35-18-15-31-57(63)70)58-32-19-29-50(64(54)58)46-37-41-61-55(42-46)53-40-39-52-51-28-13-16-33-60(51)74(48-24-9-3-10-25-48)65(52)66(53)75(61)49-26-11-4-12-27-49/h1-43H. The Morgan fingerprint density at radius 3 is 1.41 bits per heavy atom. The van der Waals surface area contributed by atoms with Crippen molar-refractivity contribution in [1.82, 2.24) is 24.1 Å². The lowest BCUT2D eigenvalue weighted by Gasteiger charge is -2.39. The van der Waals surface area contributed by atoms with E-state index in [0.717, 1.165) is 78.5 Å². The van der Waals surface area contributed by atoms with Crippen LogP contribution in [0.3, 0.4) is 0 Å². The molecule has 0 N–H and O–H groups in total. The summed E-state index contributed by atoms with van der Waals surface area (Å²) in [6.07, 6.45) is 0. The summed E-state index contributed by atoms with van der Waals surface area (Å²) >= 11 is 0. The van der Waals surface area contributed by atoms with Gasteiger partial charge in [-0.15, -0.1) is 0 Å². The van der Waals surface area contributed by atoms with Crippen LogP contribution in [0.2, 0.25) is 0 Å². The highest BCUT2D eigenvalue weighted by Crippen LogP contribution is 2.64. The Morgan fingerprint density at radius 1 is 0.303 bits per heavy atom. The van der Waals surface area contributed by atoms with E-state index in [1.54, 1.807) is 0 Å². The molecule has 354 valence electrons. The molecule has 6 nitrogen and oxygen atoms in total. The van der Waals surface area contributed by atoms with Crippen LogP contribution in [-0.2, 0) is 5.41 Å². The number of benzene rings is 11. The van der Waals surface area contributed by atoms with Crippen LogP contribution >= 0.6 is 0 Å². The Morgan fingerprint density at radius 2 is 0.789 bits per heavy atom. The van der Waals surface area contributed by atoms with E-state index in [1.165, 1.54) is 49.2 Å². The third-order valence-electron chi connectivity index (χ3n) is 15.8. The number of para-hydroxylation sites is 5. The lowest BCUT2D eigenvalue weighted by Crippen LogP contribution is -2.32. The van der Waals surface area contributed by atoms with E-state index in [-0.39, 0.29) is 0 Å². The minimum Gasteiger partial charge on any atom is -0.457 e. The summed E-state index contributed by atoms with van der Waals surface area (Å²) in [5, 5.41) is 4.82. The topological polar surface area (TPSA) is 57.8 Å². The van der Waals surface area contributed by atoms with Crippen molar-refractivity contribution in [2.75, 3.05) is 0 Å². The van der Waals surface area contributed by atoms with Crippen molar-refractivity contribution in [3.8, 4) is 79.3 Å². The second kappa shape index (κ2) is 16.4. The second-order valence-electron chi connectivity index (χ2n) is 19.8. The highest BCUT2D eigenvalue weighted by Gasteiger charge is 2.52. The molecule has 6 heteroatoms. The fourth-order valence-corrected chi connectivity index (χ4v) is 12.7. The summed E-state index contributed by atoms with van der Waals surface area (Å²) in [5.41, 5.74) is 18.1. The molecule has 16 rings (SSSR count). The Hall–Kier alpha value is -10.2. The Balaban J connectivity index is 0.971. The van der Waals surface area contributed by atoms with Gasteiger partial charge in [0.05, 0.1) is 27.5 Å². The predicted molar refractivity (Wildman–Crippen MR) is 308 cm³/mol. The van der Waals surface area contributed by atoms with Gasteiger partial charge in [0.2, 0.25) is 0 Å². The van der Waals surface area contributed by atoms with Crippen molar-refractivity contribution in [2.45, 2.75) is 5.41 Å². The summed E-state index contributed by atoms with van der Waals surface area (Å²) in [4.78, 5) is 15.5. The van der Waals surface area contributed by atoms with Gasteiger partial charge in [0.25, 0.3) is 0 Å². The van der Waals surface area contributed by atoms with Gasteiger partial charge in [-0.2, -0.15) is 0 Å². The van der Waals surface area contributed by atoms with Gasteiger partial charge in [0.1, 0.15) is 11.5 Å². The van der Waals surface area contributed by atoms with Gasteiger partial charge >= 0.3 is 0 Å². The van der Waals surface area contributed by atoms with Crippen molar-refractivity contribution in [2.24, 2.45) is 0 Å². The average Bonchev–Trinajstić information content (AvgIpc) is 4.12. The predicted octanol–water partition coefficient (Wildman–Crippen LogP) is 17.2. The van der Waals surface area contributed by atoms with Gasteiger partial charge in [0.15, 0.2) is 17.5 Å². The monoisotopic (exact) mass is 969 g/mol. The molecule has 14 aromatic rings. The van der Waals surface area contributed by atoms with E-state index >= 15 is 0 Å². The summed E-state index contributed by atoms with van der Waals surface area (Å²) < 4.78 is 11.8. The van der Waals surface area contributed by atoms with Gasteiger partial charge in [-0.3, -0.25) is 0 Å². The van der Waals surface area contributed by atoms with Crippen LogP contribution in [0, 0.1) is 0 Å². The highest BCUT2D eigenvalue weighted by atomic mass is 16.5. The quantitative estimate of drug-likeness (QED) is 0.167. The molecule has 1 aliphatic carbocycles. The zero-order valence-electron chi connectivity index (χ0n) is 41.0. The van der Waals surface area contributed by atoms with Gasteiger partial charge in [0, 0.05) is 60.7 Å². The molecule has 2 aliphatic rings. The summed E-state index contributed by atoms with van der Waals surface area (Å²) in [5.74, 6) is 3.53. The molecular weight excluding hydrogens is 927 g/mol. The van der Waals surface area contributed by atoms with E-state index in [9.17, 15) is 0 Å². The molecule has 0 atom stereocenters. The molecule has 11 aromatic carbocycles. The zero-order valence-corrected chi connectivity index (χ0v) is 41.0. The number of rotatable bonds is 6. The average molecular weight is 970 g/mol. The number of hydrogen-bond acceptors (Lipinski definition) is 4. The van der Waals surface area contributed by atoms with Gasteiger partial charge in [-0.25, -0.2) is 15.0 Å². The van der Waals surface area contributed by atoms with Gasteiger partial charge in [-0.05, 0) is 94.0 Å². The number of hydrogen-bond donors (Lipinski definition) is 0. The van der Waals surface area contributed by atoms with Crippen molar-refractivity contribution >= 4 is 43.6 Å². The first-order chi connectivity index (χ1) is 37.7. The van der Waals surface area contributed by atoms with Crippen LogP contribution in [0.25, 0.3) is 111 Å². The van der Waals surface area contributed by atoms with E-state index < -0.39 is 5.41 Å². The largest absolute Gasteiger partial charge is 0.457 e. The molecule has 0 amide bonds. The summed E-state index contributed by atoms with van der Waals surface area (Å²) in [7, 11) is 0. The molecule has 0 saturated carbocycles. The number of ether oxygens (including phenoxy) is 1. The Labute approximate surface area is 438 Å². The number of aromatic nitrogens is 5. The minimum absolute atomic E-state index is 0.608. The molecule has 0 bridgehead atoms. The molecular formula is C70H43N5O. The molecule has 4 heterocycles. The first kappa shape index (κ1) is 42.3. The van der Waals surface area contributed by atoms with Gasteiger partial charge in [-0.1, -0.05) is 200 Å². The first-order valence-corrected chi connectivity index (χ1v) is 25.8. The molecule has 3 aromatic heterocycles. The van der Waals surface area contributed by atoms with Crippen molar-refractivity contribution in [3.05, 3.63) is 283 Å². The smallest absolute Gasteiger partial charge is 0.164 e. The van der Waals surface area contributed by atoms with E-state index in [2.05, 4.69) is 234 Å². The van der Waals surface area contributed by atoms with Crippen LogP contribution in [0.4, 0.5) is 0 Å². The molecule has 0 radical (unpaired) electrons. The van der Waals surface area contributed by atoms with Crippen LogP contribution in [0.15, 0.2) is 261 Å². The Kier molecular flexibility index (Phi) is 9.15. The van der Waals surface area contributed by atoms with Gasteiger partial charge < -0.3 is 13.9 Å². The molecule has 76 heavy (non-hydrogen) atoms. The molecule has 0 saturated heterocycles. The highest BCUT2D eigenvalue weighted by molar-refractivity contribution is 6.24. The fraction of sp³-hybridized carbons (Fsp3) is 0.0143. The minimum atomic E-state index is -0.746. The third kappa shape index (κ3) is 6.06. The second-order valence-corrected chi connectivity index (χ2v) is 19.8. The number of fused-ring (bicyclic) bond motifs is 16. The first-order valence-electron chi connectivity index (χ1n) is 25.8. The van der Waals surface area contributed by atoms with Crippen molar-refractivity contribution < 1.29 is 4.74 Å². The summed E-state index contributed by atoms with van der Waals surface area (Å²) in [6, 6.07) is 93.3. The van der Waals surface area contributed by atoms with Crippen molar-refractivity contribution in [3.63, 3.8) is 0 Å². The van der Waals surface area contributed by atoms with Crippen LogP contribution in [-0.4, -0.2) is 24.1 Å². The van der Waals surface area contributed by atoms with E-state index in [1.807, 2.05) is 36.4 Å². The van der Waals surface area contributed by atoms with E-state index in [4.69, 9.17) is 19.7 Å². The molecule has 0 unspecified atom stereocenters. The summed E-state index contributed by atoms with van der Waals surface area (Å²) in [6.45, 7) is 0. The Bertz CT molecular complexity index is 4550. The lowest BCUT2D eigenvalue weighted by molar-refractivity contribution is 0.436. The van der Waals surface area contributed by atoms with Crippen LogP contribution in [0.1, 0.15) is 22.3 Å². The normalized spacial score (nSPS) is 12.9. The molecule has 1 aliphatic heterocycles. The maximum absolute atomic E-state index is 6.83. The molecule has 0 fully saturated rings. The molecule has 1 spiro atoms. The SMILES string of the molecule is c1ccc(-c2nc(-c3ccccc3)nc(-c3ccc4c(c3)C3(c5ccccc5Oc5ccccc53)c3cccc(-c5ccc6c(c5)c5ccc7c8ccccc8n(-c8ccccc8)c7c5n6-c5ccccc5)c3-4)n2)cc1. The third-order valence-corrected chi connectivity index (χ3v) is 15.8. The number of nitrogens with zero attached hydrogens (tertiary/aromatic N) is 5. The van der Waals surface area contributed by atoms with Crippen LogP contribution < -0.4 is 4.74 Å². The van der Waals surface area contributed by atoms with E-state index in [0.29, 0.717) is 17.5 Å². The van der Waals surface area contributed by atoms with Crippen LogP contribution in [0.5, 0.6) is 11.5 Å². The lowest BCUT2D eigenvalue weighted by atomic mass is 9.66. The fourth-order valence-electron chi connectivity index (χ4n) is 12.7. The van der Waals surface area contributed by atoms with Crippen molar-refractivity contribution in [1.29, 1.82) is 0 Å². The maximum atomic E-state index is 6.83. The maximum Gasteiger partial charge on any atom is 0.164 e. The zero-order chi connectivity index (χ0) is 49.9.